The van der Waals surface area contributed by atoms with Crippen molar-refractivity contribution in [1.82, 2.24) is 20.2 Å². The van der Waals surface area contributed by atoms with Crippen LogP contribution in [0, 0.1) is 6.92 Å². The highest BCUT2D eigenvalue weighted by Crippen LogP contribution is 2.25. The lowest BCUT2D eigenvalue weighted by Crippen LogP contribution is -1.90. The molecule has 1 N–H and O–H groups in total. The van der Waals surface area contributed by atoms with E-state index in [1.165, 1.54) is 5.56 Å². The van der Waals surface area contributed by atoms with Crippen molar-refractivity contribution in [3.05, 3.63) is 82.5 Å². The van der Waals surface area contributed by atoms with E-state index < -0.39 is 0 Å². The van der Waals surface area contributed by atoms with Gasteiger partial charge in [-0.3, -0.25) is 0 Å². The van der Waals surface area contributed by atoms with Crippen LogP contribution < -0.4 is 0 Å². The Morgan fingerprint density at radius 2 is 1.81 bits per heavy atom. The predicted molar refractivity (Wildman–Crippen MR) is 107 cm³/mol. The number of thioether (sulfide) groups is 1. The van der Waals surface area contributed by atoms with Gasteiger partial charge < -0.3 is 9.40 Å². The molecule has 2 heterocycles. The molecule has 136 valence electrons. The van der Waals surface area contributed by atoms with Crippen molar-refractivity contribution in [3.63, 3.8) is 0 Å². The van der Waals surface area contributed by atoms with E-state index in [9.17, 15) is 0 Å². The molecule has 0 aliphatic heterocycles. The summed E-state index contributed by atoms with van der Waals surface area (Å²) in [5, 5.41) is 9.74. The highest BCUT2D eigenvalue weighted by Gasteiger charge is 2.12. The van der Waals surface area contributed by atoms with Crippen molar-refractivity contribution in [2.24, 2.45) is 0 Å². The summed E-state index contributed by atoms with van der Waals surface area (Å²) in [5.41, 5.74) is 4.22. The minimum absolute atomic E-state index is 0.489. The Hall–Kier alpha value is -2.57. The Morgan fingerprint density at radius 1 is 1.04 bits per heavy atom. The van der Waals surface area contributed by atoms with Gasteiger partial charge in [0.2, 0.25) is 11.8 Å². The summed E-state index contributed by atoms with van der Waals surface area (Å²) in [6, 6.07) is 17.6. The number of halogens is 1. The maximum Gasteiger partial charge on any atom is 0.247 e. The van der Waals surface area contributed by atoms with Crippen LogP contribution in [-0.4, -0.2) is 20.2 Å². The smallest absolute Gasteiger partial charge is 0.247 e. The molecular formula is C20H17ClN4OS. The molecule has 0 aliphatic carbocycles. The molecule has 2 aromatic heterocycles. The van der Waals surface area contributed by atoms with E-state index in [1.54, 1.807) is 23.9 Å². The zero-order valence-corrected chi connectivity index (χ0v) is 16.2. The molecule has 0 saturated carbocycles. The van der Waals surface area contributed by atoms with E-state index in [-0.39, 0.29) is 0 Å². The van der Waals surface area contributed by atoms with Gasteiger partial charge in [-0.1, -0.05) is 53.7 Å². The molecule has 0 atom stereocenters. The zero-order chi connectivity index (χ0) is 18.6. The van der Waals surface area contributed by atoms with Gasteiger partial charge in [-0.25, -0.2) is 4.98 Å². The summed E-state index contributed by atoms with van der Waals surface area (Å²) in [4.78, 5) is 8.02. The fourth-order valence-corrected chi connectivity index (χ4v) is 3.55. The highest BCUT2D eigenvalue weighted by atomic mass is 35.5. The summed E-state index contributed by atoms with van der Waals surface area (Å²) in [6.45, 7) is 2.04. The van der Waals surface area contributed by atoms with Crippen LogP contribution in [0.4, 0.5) is 0 Å². The molecule has 5 nitrogen and oxygen atoms in total. The second-order valence-corrected chi connectivity index (χ2v) is 7.47. The largest absolute Gasteiger partial charge is 0.420 e. The average molecular weight is 397 g/mol. The lowest BCUT2D eigenvalue weighted by Gasteiger charge is -1.98. The van der Waals surface area contributed by atoms with Crippen molar-refractivity contribution in [2.45, 2.75) is 24.3 Å². The predicted octanol–water partition coefficient (Wildman–Crippen LogP) is 5.30. The molecule has 2 aromatic carbocycles. The van der Waals surface area contributed by atoms with Gasteiger partial charge in [0, 0.05) is 22.7 Å². The van der Waals surface area contributed by atoms with Gasteiger partial charge in [0.25, 0.3) is 0 Å². The Bertz CT molecular complexity index is 1030. The fraction of sp³-hybridized carbons (Fsp3) is 0.150. The minimum Gasteiger partial charge on any atom is -0.420 e. The molecule has 4 rings (SSSR count). The second kappa shape index (κ2) is 7.98. The number of benzene rings is 2. The molecule has 0 bridgehead atoms. The number of imidazole rings is 1. The number of nitrogens with one attached hydrogen (secondary N) is 1. The zero-order valence-electron chi connectivity index (χ0n) is 14.6. The van der Waals surface area contributed by atoms with Gasteiger partial charge in [-0.2, -0.15) is 0 Å². The molecule has 7 heteroatoms. The molecule has 0 unspecified atom stereocenters. The van der Waals surface area contributed by atoms with Crippen LogP contribution in [0.2, 0.25) is 5.02 Å². The quantitative estimate of drug-likeness (QED) is 0.447. The Morgan fingerprint density at radius 3 is 2.59 bits per heavy atom. The van der Waals surface area contributed by atoms with Crippen LogP contribution in [0.15, 0.2) is 64.2 Å². The van der Waals surface area contributed by atoms with E-state index in [1.807, 2.05) is 37.3 Å². The normalized spacial score (nSPS) is 11.0. The first kappa shape index (κ1) is 17.8. The van der Waals surface area contributed by atoms with Crippen LogP contribution >= 0.6 is 23.4 Å². The second-order valence-electron chi connectivity index (χ2n) is 6.07. The minimum atomic E-state index is 0.489. The van der Waals surface area contributed by atoms with Gasteiger partial charge in [-0.05, 0) is 36.8 Å². The third-order valence-electron chi connectivity index (χ3n) is 4.07. The highest BCUT2D eigenvalue weighted by molar-refractivity contribution is 7.98. The lowest BCUT2D eigenvalue weighted by molar-refractivity contribution is 0.528. The molecule has 0 amide bonds. The van der Waals surface area contributed by atoms with Crippen molar-refractivity contribution in [2.75, 3.05) is 0 Å². The van der Waals surface area contributed by atoms with Gasteiger partial charge in [0.15, 0.2) is 5.16 Å². The van der Waals surface area contributed by atoms with Crippen LogP contribution in [0.25, 0.3) is 11.5 Å². The number of aromatic amines is 1. The topological polar surface area (TPSA) is 67.6 Å². The van der Waals surface area contributed by atoms with Gasteiger partial charge in [0.1, 0.15) is 0 Å². The van der Waals surface area contributed by atoms with E-state index in [0.29, 0.717) is 22.6 Å². The third kappa shape index (κ3) is 4.40. The first-order chi connectivity index (χ1) is 13.2. The van der Waals surface area contributed by atoms with Crippen molar-refractivity contribution in [3.8, 4) is 11.5 Å². The van der Waals surface area contributed by atoms with Gasteiger partial charge in [-0.15, -0.1) is 10.2 Å². The molecular weight excluding hydrogens is 380 g/mol. The van der Waals surface area contributed by atoms with Gasteiger partial charge >= 0.3 is 0 Å². The first-order valence-electron chi connectivity index (χ1n) is 8.48. The molecule has 0 spiro atoms. The number of hydrogen-bond acceptors (Lipinski definition) is 5. The summed E-state index contributed by atoms with van der Waals surface area (Å²) >= 11 is 7.45. The fourth-order valence-electron chi connectivity index (χ4n) is 2.65. The molecule has 0 fully saturated rings. The van der Waals surface area contributed by atoms with E-state index in [0.717, 1.165) is 28.5 Å². The molecule has 27 heavy (non-hydrogen) atoms. The summed E-state index contributed by atoms with van der Waals surface area (Å²) in [5.74, 6) is 1.60. The van der Waals surface area contributed by atoms with Crippen LogP contribution in [0.5, 0.6) is 0 Å². The summed E-state index contributed by atoms with van der Waals surface area (Å²) < 4.78 is 5.74. The average Bonchev–Trinajstić information content (AvgIpc) is 3.29. The van der Waals surface area contributed by atoms with Gasteiger partial charge in [0.05, 0.1) is 11.4 Å². The number of rotatable bonds is 6. The Kier molecular flexibility index (Phi) is 5.27. The molecule has 4 aromatic rings. The Labute approximate surface area is 166 Å². The standard InChI is InChI=1S/C20H17ClN4OS/c1-13-17(11-14-5-3-2-4-6-14)23-20(22-13)27-12-18-24-25-19(26-18)15-7-9-16(21)10-8-15/h2-10H,11-12H2,1H3,(H,22,23). The monoisotopic (exact) mass is 396 g/mol. The summed E-state index contributed by atoms with van der Waals surface area (Å²) in [6.07, 6.45) is 0.811. The van der Waals surface area contributed by atoms with Crippen molar-refractivity contribution in [1.29, 1.82) is 0 Å². The van der Waals surface area contributed by atoms with E-state index >= 15 is 0 Å². The number of aromatic nitrogens is 4. The molecule has 0 radical (unpaired) electrons. The number of H-pyrrole nitrogens is 1. The van der Waals surface area contributed by atoms with Crippen LogP contribution in [0.1, 0.15) is 22.8 Å². The van der Waals surface area contributed by atoms with Crippen molar-refractivity contribution < 1.29 is 4.42 Å². The van der Waals surface area contributed by atoms with E-state index in [2.05, 4.69) is 27.3 Å². The van der Waals surface area contributed by atoms with E-state index in [4.69, 9.17) is 21.0 Å². The lowest BCUT2D eigenvalue weighted by atomic mass is 10.1. The van der Waals surface area contributed by atoms with Crippen LogP contribution in [0.3, 0.4) is 0 Å². The number of nitrogens with zero attached hydrogens (tertiary/aromatic N) is 3. The number of hydrogen-bond donors (Lipinski definition) is 1. The van der Waals surface area contributed by atoms with Crippen molar-refractivity contribution >= 4 is 23.4 Å². The SMILES string of the molecule is Cc1[nH]c(SCc2nnc(-c3ccc(Cl)cc3)o2)nc1Cc1ccccc1. The third-order valence-corrected chi connectivity index (χ3v) is 5.18. The summed E-state index contributed by atoms with van der Waals surface area (Å²) in [7, 11) is 0. The molecule has 0 aliphatic rings. The molecule has 0 saturated heterocycles. The Balaban J connectivity index is 1.41. The maximum absolute atomic E-state index is 5.91. The van der Waals surface area contributed by atoms with Crippen LogP contribution in [-0.2, 0) is 12.2 Å². The number of aryl methyl sites for hydroxylation is 1. The maximum atomic E-state index is 5.91. The first-order valence-corrected chi connectivity index (χ1v) is 9.84.